The predicted molar refractivity (Wildman–Crippen MR) is 82.0 cm³/mol. The Hall–Kier alpha value is -1.32. The topological polar surface area (TPSA) is 17.1 Å². The Morgan fingerprint density at radius 2 is 1.90 bits per heavy atom. The molecular formula is C16H14ClFOS. The van der Waals surface area contributed by atoms with Gasteiger partial charge in [0.1, 0.15) is 5.82 Å². The predicted octanol–water partition coefficient (Wildman–Crippen LogP) is 5.36. The van der Waals surface area contributed by atoms with Crippen LogP contribution in [-0.4, -0.2) is 5.78 Å². The van der Waals surface area contributed by atoms with Gasteiger partial charge in [-0.2, -0.15) is 0 Å². The highest BCUT2D eigenvalue weighted by Gasteiger charge is 2.08. The third-order valence-corrected chi connectivity index (χ3v) is 4.33. The molecule has 0 unspecified atom stereocenters. The van der Waals surface area contributed by atoms with Crippen LogP contribution in [0.2, 0.25) is 5.02 Å². The second kappa shape index (κ2) is 6.91. The maximum absolute atomic E-state index is 13.6. The first-order valence-corrected chi connectivity index (χ1v) is 7.67. The molecule has 0 N–H and O–H groups in total. The van der Waals surface area contributed by atoms with Gasteiger partial charge in [-0.15, -0.1) is 11.8 Å². The maximum atomic E-state index is 13.6. The molecule has 0 heterocycles. The number of rotatable bonds is 5. The van der Waals surface area contributed by atoms with Crippen LogP contribution in [0.3, 0.4) is 0 Å². The molecule has 0 atom stereocenters. The largest absolute Gasteiger partial charge is 0.294 e. The van der Waals surface area contributed by atoms with Crippen molar-refractivity contribution in [3.63, 3.8) is 0 Å². The molecule has 2 aromatic rings. The van der Waals surface area contributed by atoms with Gasteiger partial charge in [-0.3, -0.25) is 4.79 Å². The average molecular weight is 309 g/mol. The maximum Gasteiger partial charge on any atom is 0.162 e. The van der Waals surface area contributed by atoms with Gasteiger partial charge in [0.05, 0.1) is 0 Å². The van der Waals surface area contributed by atoms with E-state index in [1.54, 1.807) is 24.3 Å². The van der Waals surface area contributed by atoms with Gasteiger partial charge in [0, 0.05) is 33.2 Å². The minimum absolute atomic E-state index is 0.124. The highest BCUT2D eigenvalue weighted by Crippen LogP contribution is 2.28. The first kappa shape index (κ1) is 15.1. The van der Waals surface area contributed by atoms with Gasteiger partial charge < -0.3 is 0 Å². The summed E-state index contributed by atoms with van der Waals surface area (Å²) >= 11 is 7.48. The number of carbonyl (C=O) groups excluding carboxylic acids is 1. The second-order valence-electron chi connectivity index (χ2n) is 4.29. The molecule has 0 fully saturated rings. The average Bonchev–Trinajstić information content (AvgIpc) is 2.46. The Balaban J connectivity index is 2.06. The number of thioether (sulfide) groups is 1. The summed E-state index contributed by atoms with van der Waals surface area (Å²) in [5.41, 5.74) is 1.22. The lowest BCUT2D eigenvalue weighted by molar-refractivity contribution is 0.0988. The summed E-state index contributed by atoms with van der Waals surface area (Å²) in [5.74, 6) is 0.300. The van der Waals surface area contributed by atoms with E-state index in [0.717, 1.165) is 4.90 Å². The van der Waals surface area contributed by atoms with E-state index in [1.165, 1.54) is 17.8 Å². The Morgan fingerprint density at radius 3 is 2.50 bits per heavy atom. The number of Topliss-reactive ketones (excluding diaryl/α,β-unsaturated/α-hetero) is 1. The summed E-state index contributed by atoms with van der Waals surface area (Å²) in [4.78, 5) is 12.5. The Labute approximate surface area is 127 Å². The van der Waals surface area contributed by atoms with E-state index in [2.05, 4.69) is 0 Å². The number of hydrogen-bond acceptors (Lipinski definition) is 2. The van der Waals surface area contributed by atoms with Crippen LogP contribution in [0.5, 0.6) is 0 Å². The smallest absolute Gasteiger partial charge is 0.162 e. The summed E-state index contributed by atoms with van der Waals surface area (Å²) in [7, 11) is 0. The first-order valence-electron chi connectivity index (χ1n) is 6.30. The van der Waals surface area contributed by atoms with Crippen molar-refractivity contribution in [1.29, 1.82) is 0 Å². The van der Waals surface area contributed by atoms with E-state index in [4.69, 9.17) is 11.6 Å². The molecule has 0 aliphatic rings. The Bertz CT molecular complexity index is 590. The first-order chi connectivity index (χ1) is 9.61. The monoisotopic (exact) mass is 308 g/mol. The zero-order chi connectivity index (χ0) is 14.5. The summed E-state index contributed by atoms with van der Waals surface area (Å²) in [6.45, 7) is 1.84. The van der Waals surface area contributed by atoms with Crippen molar-refractivity contribution in [2.24, 2.45) is 0 Å². The summed E-state index contributed by atoms with van der Waals surface area (Å²) < 4.78 is 13.6. The van der Waals surface area contributed by atoms with Crippen molar-refractivity contribution in [3.05, 3.63) is 64.4 Å². The van der Waals surface area contributed by atoms with Crippen molar-refractivity contribution in [1.82, 2.24) is 0 Å². The van der Waals surface area contributed by atoms with Crippen LogP contribution in [0, 0.1) is 5.82 Å². The fourth-order valence-corrected chi connectivity index (χ4v) is 3.01. The number of carbonyl (C=O) groups is 1. The van der Waals surface area contributed by atoms with Crippen LogP contribution in [0.25, 0.3) is 0 Å². The quantitative estimate of drug-likeness (QED) is 0.546. The van der Waals surface area contributed by atoms with Crippen LogP contribution < -0.4 is 0 Å². The van der Waals surface area contributed by atoms with Crippen LogP contribution >= 0.6 is 23.4 Å². The number of hydrogen-bond donors (Lipinski definition) is 0. The third-order valence-electron chi connectivity index (χ3n) is 2.94. The summed E-state index contributed by atoms with van der Waals surface area (Å²) in [6, 6.07) is 12.0. The van der Waals surface area contributed by atoms with Crippen molar-refractivity contribution in [3.8, 4) is 0 Å². The molecule has 2 aromatic carbocycles. The Kier molecular flexibility index (Phi) is 5.21. The third kappa shape index (κ3) is 3.62. The molecule has 0 aromatic heterocycles. The van der Waals surface area contributed by atoms with E-state index in [0.29, 0.717) is 28.3 Å². The molecule has 4 heteroatoms. The standard InChI is InChI=1S/C16H14ClFOS/c1-2-16(19)11-6-8-12(9-7-11)20-10-13-14(17)4-3-5-15(13)18/h3-9H,2,10H2,1H3. The minimum atomic E-state index is -0.289. The van der Waals surface area contributed by atoms with E-state index < -0.39 is 0 Å². The van der Waals surface area contributed by atoms with Crippen LogP contribution in [-0.2, 0) is 5.75 Å². The molecule has 104 valence electrons. The van der Waals surface area contributed by atoms with E-state index in [1.807, 2.05) is 19.1 Å². The molecule has 0 saturated carbocycles. The molecule has 0 saturated heterocycles. The lowest BCUT2D eigenvalue weighted by atomic mass is 10.1. The zero-order valence-electron chi connectivity index (χ0n) is 11.0. The van der Waals surface area contributed by atoms with Crippen molar-refractivity contribution < 1.29 is 9.18 Å². The molecule has 0 aliphatic heterocycles. The van der Waals surface area contributed by atoms with Crippen LogP contribution in [0.15, 0.2) is 47.4 Å². The highest BCUT2D eigenvalue weighted by molar-refractivity contribution is 7.98. The van der Waals surface area contributed by atoms with Gasteiger partial charge in [0.25, 0.3) is 0 Å². The van der Waals surface area contributed by atoms with Gasteiger partial charge in [-0.25, -0.2) is 4.39 Å². The zero-order valence-corrected chi connectivity index (χ0v) is 12.6. The lowest BCUT2D eigenvalue weighted by Gasteiger charge is -2.06. The number of benzene rings is 2. The molecule has 0 spiro atoms. The molecule has 0 aliphatic carbocycles. The van der Waals surface area contributed by atoms with E-state index >= 15 is 0 Å². The van der Waals surface area contributed by atoms with Gasteiger partial charge >= 0.3 is 0 Å². The molecule has 0 radical (unpaired) electrons. The lowest BCUT2D eigenvalue weighted by Crippen LogP contribution is -1.95. The summed E-state index contributed by atoms with van der Waals surface area (Å²) in [5, 5.41) is 0.440. The molecule has 2 rings (SSSR count). The molecule has 0 bridgehead atoms. The Morgan fingerprint density at radius 1 is 1.20 bits per heavy atom. The van der Waals surface area contributed by atoms with Crippen molar-refractivity contribution in [2.45, 2.75) is 24.0 Å². The van der Waals surface area contributed by atoms with E-state index in [9.17, 15) is 9.18 Å². The van der Waals surface area contributed by atoms with Gasteiger partial charge in [-0.05, 0) is 24.3 Å². The molecular weight excluding hydrogens is 295 g/mol. The van der Waals surface area contributed by atoms with Gasteiger partial charge in [-0.1, -0.05) is 36.7 Å². The summed E-state index contributed by atoms with van der Waals surface area (Å²) in [6.07, 6.45) is 0.497. The fraction of sp³-hybridized carbons (Fsp3) is 0.188. The molecule has 20 heavy (non-hydrogen) atoms. The van der Waals surface area contributed by atoms with E-state index in [-0.39, 0.29) is 11.6 Å². The van der Waals surface area contributed by atoms with Gasteiger partial charge in [0.2, 0.25) is 0 Å². The van der Waals surface area contributed by atoms with Crippen LogP contribution in [0.1, 0.15) is 29.3 Å². The van der Waals surface area contributed by atoms with Crippen molar-refractivity contribution in [2.75, 3.05) is 0 Å². The minimum Gasteiger partial charge on any atom is -0.294 e. The molecule has 1 nitrogen and oxygen atoms in total. The fourth-order valence-electron chi connectivity index (χ4n) is 1.77. The highest BCUT2D eigenvalue weighted by atomic mass is 35.5. The molecule has 0 amide bonds. The normalized spacial score (nSPS) is 10.6. The number of halogens is 2. The van der Waals surface area contributed by atoms with Crippen LogP contribution in [0.4, 0.5) is 4.39 Å². The number of ketones is 1. The SMILES string of the molecule is CCC(=O)c1ccc(SCc2c(F)cccc2Cl)cc1. The van der Waals surface area contributed by atoms with Gasteiger partial charge in [0.15, 0.2) is 5.78 Å². The second-order valence-corrected chi connectivity index (χ2v) is 5.75. The van der Waals surface area contributed by atoms with Crippen molar-refractivity contribution >= 4 is 29.1 Å².